The molecule has 0 fully saturated rings. The second-order valence-corrected chi connectivity index (χ2v) is 4.56. The van der Waals surface area contributed by atoms with Crippen molar-refractivity contribution in [2.75, 3.05) is 6.54 Å². The highest BCUT2D eigenvalue weighted by Gasteiger charge is 2.27. The van der Waals surface area contributed by atoms with Crippen LogP contribution in [0.4, 0.5) is 0 Å². The van der Waals surface area contributed by atoms with E-state index < -0.39 is 11.4 Å². The van der Waals surface area contributed by atoms with Crippen molar-refractivity contribution < 1.29 is 14.7 Å². The zero-order valence-corrected chi connectivity index (χ0v) is 10.2. The van der Waals surface area contributed by atoms with Gasteiger partial charge in [-0.2, -0.15) is 5.26 Å². The van der Waals surface area contributed by atoms with Crippen LogP contribution >= 0.6 is 0 Å². The van der Waals surface area contributed by atoms with Crippen molar-refractivity contribution in [1.29, 1.82) is 5.26 Å². The van der Waals surface area contributed by atoms with Crippen molar-refractivity contribution in [1.82, 2.24) is 5.32 Å². The van der Waals surface area contributed by atoms with Gasteiger partial charge in [-0.25, -0.2) is 0 Å². The van der Waals surface area contributed by atoms with Gasteiger partial charge in [-0.3, -0.25) is 9.59 Å². The number of benzene rings is 1. The molecule has 0 aromatic heterocycles. The topological polar surface area (TPSA) is 90.2 Å². The van der Waals surface area contributed by atoms with Crippen molar-refractivity contribution in [3.8, 4) is 6.07 Å². The summed E-state index contributed by atoms with van der Waals surface area (Å²) in [6.07, 6.45) is 0. The number of carboxylic acids is 1. The van der Waals surface area contributed by atoms with Gasteiger partial charge in [-0.1, -0.05) is 6.07 Å². The van der Waals surface area contributed by atoms with Gasteiger partial charge in [-0.05, 0) is 32.0 Å². The van der Waals surface area contributed by atoms with Crippen molar-refractivity contribution >= 4 is 11.9 Å². The Balaban J connectivity index is 2.72. The molecule has 0 unspecified atom stereocenters. The molecule has 0 aliphatic heterocycles. The lowest BCUT2D eigenvalue weighted by Gasteiger charge is -2.19. The molecule has 0 saturated carbocycles. The highest BCUT2D eigenvalue weighted by molar-refractivity contribution is 5.94. The summed E-state index contributed by atoms with van der Waals surface area (Å²) in [5.41, 5.74) is -0.293. The average Bonchev–Trinajstić information content (AvgIpc) is 2.36. The van der Waals surface area contributed by atoms with E-state index in [2.05, 4.69) is 5.32 Å². The minimum Gasteiger partial charge on any atom is -0.481 e. The molecule has 0 atom stereocenters. The highest BCUT2D eigenvalue weighted by Crippen LogP contribution is 2.13. The standard InChI is InChI=1S/C13H14N2O3/c1-13(2,12(17)18)8-15-11(16)10-5-3-4-9(6-10)7-14/h3-6H,8H2,1-2H3,(H,15,16)(H,17,18). The molecule has 1 amide bonds. The highest BCUT2D eigenvalue weighted by atomic mass is 16.4. The number of nitrogens with zero attached hydrogens (tertiary/aromatic N) is 1. The SMILES string of the molecule is CC(C)(CNC(=O)c1cccc(C#N)c1)C(=O)O. The number of carbonyl (C=O) groups is 2. The first kappa shape index (κ1) is 13.7. The molecule has 0 heterocycles. The first-order chi connectivity index (χ1) is 8.36. The normalized spacial score (nSPS) is 10.5. The second-order valence-electron chi connectivity index (χ2n) is 4.56. The second kappa shape index (κ2) is 5.32. The van der Waals surface area contributed by atoms with Crippen LogP contribution in [0.15, 0.2) is 24.3 Å². The Hall–Kier alpha value is -2.35. The quantitative estimate of drug-likeness (QED) is 0.840. The Morgan fingerprint density at radius 3 is 2.67 bits per heavy atom. The summed E-state index contributed by atoms with van der Waals surface area (Å²) in [6, 6.07) is 8.18. The molecule has 1 aromatic carbocycles. The van der Waals surface area contributed by atoms with E-state index in [1.165, 1.54) is 19.9 Å². The van der Waals surface area contributed by atoms with E-state index in [1.54, 1.807) is 18.2 Å². The summed E-state index contributed by atoms with van der Waals surface area (Å²) in [6.45, 7) is 3.08. The van der Waals surface area contributed by atoms with E-state index in [-0.39, 0.29) is 12.5 Å². The van der Waals surface area contributed by atoms with Gasteiger partial charge in [0.1, 0.15) is 0 Å². The van der Waals surface area contributed by atoms with Crippen LogP contribution in [-0.2, 0) is 4.79 Å². The van der Waals surface area contributed by atoms with Crippen LogP contribution in [-0.4, -0.2) is 23.5 Å². The van der Waals surface area contributed by atoms with Gasteiger partial charge in [-0.15, -0.1) is 0 Å². The lowest BCUT2D eigenvalue weighted by molar-refractivity contribution is -0.146. The molecule has 1 rings (SSSR count). The van der Waals surface area contributed by atoms with Gasteiger partial charge in [0.15, 0.2) is 0 Å². The molecule has 0 bridgehead atoms. The maximum absolute atomic E-state index is 11.8. The van der Waals surface area contributed by atoms with Gasteiger partial charge in [0.2, 0.25) is 0 Å². The van der Waals surface area contributed by atoms with Gasteiger partial charge in [0.05, 0.1) is 17.0 Å². The van der Waals surface area contributed by atoms with Gasteiger partial charge in [0, 0.05) is 12.1 Å². The Bertz CT molecular complexity index is 515. The molecule has 94 valence electrons. The molecule has 0 spiro atoms. The molecule has 18 heavy (non-hydrogen) atoms. The summed E-state index contributed by atoms with van der Waals surface area (Å²) >= 11 is 0. The number of carbonyl (C=O) groups excluding carboxylic acids is 1. The van der Waals surface area contributed by atoms with E-state index in [9.17, 15) is 9.59 Å². The number of hydrogen-bond donors (Lipinski definition) is 2. The largest absolute Gasteiger partial charge is 0.481 e. The van der Waals surface area contributed by atoms with E-state index in [4.69, 9.17) is 10.4 Å². The van der Waals surface area contributed by atoms with E-state index in [0.29, 0.717) is 11.1 Å². The van der Waals surface area contributed by atoms with Crippen molar-refractivity contribution in [3.63, 3.8) is 0 Å². The summed E-state index contributed by atoms with van der Waals surface area (Å²) in [7, 11) is 0. The molecule has 0 radical (unpaired) electrons. The maximum atomic E-state index is 11.8. The van der Waals surface area contributed by atoms with Crippen molar-refractivity contribution in [2.45, 2.75) is 13.8 Å². The summed E-state index contributed by atoms with van der Waals surface area (Å²) in [5, 5.41) is 20.2. The molecule has 2 N–H and O–H groups in total. The van der Waals surface area contributed by atoms with Gasteiger partial charge >= 0.3 is 5.97 Å². The summed E-state index contributed by atoms with van der Waals surface area (Å²) in [4.78, 5) is 22.6. The number of nitrogens with one attached hydrogen (secondary N) is 1. The Labute approximate surface area is 105 Å². The van der Waals surface area contributed by atoms with Crippen LogP contribution < -0.4 is 5.32 Å². The zero-order chi connectivity index (χ0) is 13.8. The van der Waals surface area contributed by atoms with Crippen LogP contribution in [0.25, 0.3) is 0 Å². The fourth-order valence-electron chi connectivity index (χ4n) is 1.21. The molecule has 1 aromatic rings. The van der Waals surface area contributed by atoms with Crippen LogP contribution in [0.5, 0.6) is 0 Å². The Morgan fingerprint density at radius 1 is 1.44 bits per heavy atom. The predicted molar refractivity (Wildman–Crippen MR) is 64.9 cm³/mol. The third-order valence-electron chi connectivity index (χ3n) is 2.52. The number of amides is 1. The maximum Gasteiger partial charge on any atom is 0.310 e. The minimum absolute atomic E-state index is 0.0257. The molecule has 5 nitrogen and oxygen atoms in total. The van der Waals surface area contributed by atoms with Crippen molar-refractivity contribution in [3.05, 3.63) is 35.4 Å². The minimum atomic E-state index is -1.03. The van der Waals surface area contributed by atoms with Crippen LogP contribution in [0.3, 0.4) is 0 Å². The molecule has 5 heteroatoms. The van der Waals surface area contributed by atoms with Crippen molar-refractivity contribution in [2.24, 2.45) is 5.41 Å². The third-order valence-corrected chi connectivity index (χ3v) is 2.52. The monoisotopic (exact) mass is 246 g/mol. The van der Waals surface area contributed by atoms with Crippen LogP contribution in [0.2, 0.25) is 0 Å². The first-order valence-corrected chi connectivity index (χ1v) is 5.38. The van der Waals surface area contributed by atoms with Gasteiger partial charge in [0.25, 0.3) is 5.91 Å². The number of nitriles is 1. The number of carboxylic acid groups (broad SMARTS) is 1. The third kappa shape index (κ3) is 3.32. The zero-order valence-electron chi connectivity index (χ0n) is 10.2. The summed E-state index contributed by atoms with van der Waals surface area (Å²) in [5.74, 6) is -1.37. The summed E-state index contributed by atoms with van der Waals surface area (Å²) < 4.78 is 0. The fraction of sp³-hybridized carbons (Fsp3) is 0.308. The molecule has 0 aliphatic carbocycles. The molecule has 0 saturated heterocycles. The smallest absolute Gasteiger partial charge is 0.310 e. The van der Waals surface area contributed by atoms with E-state index in [0.717, 1.165) is 0 Å². The molecule has 0 aliphatic rings. The predicted octanol–water partition coefficient (Wildman–Crippen LogP) is 1.40. The number of hydrogen-bond acceptors (Lipinski definition) is 3. The number of rotatable bonds is 4. The first-order valence-electron chi connectivity index (χ1n) is 5.38. The van der Waals surface area contributed by atoms with E-state index >= 15 is 0 Å². The van der Waals surface area contributed by atoms with E-state index in [1.807, 2.05) is 6.07 Å². The Morgan fingerprint density at radius 2 is 2.11 bits per heavy atom. The van der Waals surface area contributed by atoms with Crippen LogP contribution in [0, 0.1) is 16.7 Å². The van der Waals surface area contributed by atoms with Gasteiger partial charge < -0.3 is 10.4 Å². The average molecular weight is 246 g/mol. The van der Waals surface area contributed by atoms with Crippen LogP contribution in [0.1, 0.15) is 29.8 Å². The molecular formula is C13H14N2O3. The lowest BCUT2D eigenvalue weighted by atomic mass is 9.94. The molecular weight excluding hydrogens is 232 g/mol. The fourth-order valence-corrected chi connectivity index (χ4v) is 1.21. The lowest BCUT2D eigenvalue weighted by Crippen LogP contribution is -2.38. The Kier molecular flexibility index (Phi) is 4.05. The number of aliphatic carboxylic acids is 1.